The van der Waals surface area contributed by atoms with E-state index in [0.717, 1.165) is 32.8 Å². The normalized spacial score (nSPS) is 20.6. The molecule has 1 aromatic rings. The van der Waals surface area contributed by atoms with Gasteiger partial charge in [-0.15, -0.1) is 0 Å². The van der Waals surface area contributed by atoms with Gasteiger partial charge in [-0.2, -0.15) is 0 Å². The number of ether oxygens (including phenoxy) is 2. The maximum atomic E-state index is 12.5. The minimum Gasteiger partial charge on any atom is -0.465 e. The van der Waals surface area contributed by atoms with Crippen LogP contribution in [-0.4, -0.2) is 75.7 Å². The van der Waals surface area contributed by atoms with Crippen molar-refractivity contribution >= 4 is 23.5 Å². The van der Waals surface area contributed by atoms with Crippen LogP contribution in [0.4, 0.5) is 5.69 Å². The van der Waals surface area contributed by atoms with Crippen LogP contribution in [-0.2, 0) is 19.1 Å². The first-order chi connectivity index (χ1) is 13.1. The largest absolute Gasteiger partial charge is 0.465 e. The molecule has 2 amide bonds. The molecule has 0 bridgehead atoms. The molecular weight excluding hydrogens is 350 g/mol. The number of amides is 2. The molecule has 2 aliphatic rings. The summed E-state index contributed by atoms with van der Waals surface area (Å²) in [5, 5.41) is 2.92. The van der Waals surface area contributed by atoms with Crippen molar-refractivity contribution in [3.8, 4) is 0 Å². The number of anilines is 1. The number of carbonyl (C=O) groups excluding carboxylic acids is 3. The van der Waals surface area contributed by atoms with Gasteiger partial charge in [-0.3, -0.25) is 14.5 Å². The standard InChI is InChI=1S/C19H25N3O5/c1-26-19(25)15-4-2-3-5-16(15)22-13-14(12-17(22)23)18(24)20-6-7-21-8-10-27-11-9-21/h2-5,14H,6-13H2,1H3,(H,20,24). The molecule has 1 aromatic carbocycles. The predicted molar refractivity (Wildman–Crippen MR) is 98.5 cm³/mol. The van der Waals surface area contributed by atoms with Crippen LogP contribution in [0.15, 0.2) is 24.3 Å². The van der Waals surface area contributed by atoms with Gasteiger partial charge in [0.05, 0.1) is 37.5 Å². The van der Waals surface area contributed by atoms with Crippen LogP contribution < -0.4 is 10.2 Å². The minimum absolute atomic E-state index is 0.130. The topological polar surface area (TPSA) is 88.2 Å². The maximum Gasteiger partial charge on any atom is 0.339 e. The van der Waals surface area contributed by atoms with Crippen LogP contribution >= 0.6 is 0 Å². The zero-order valence-electron chi connectivity index (χ0n) is 15.5. The maximum absolute atomic E-state index is 12.5. The Bertz CT molecular complexity index is 702. The Morgan fingerprint density at radius 1 is 1.26 bits per heavy atom. The van der Waals surface area contributed by atoms with Crippen molar-refractivity contribution < 1.29 is 23.9 Å². The Balaban J connectivity index is 1.57. The summed E-state index contributed by atoms with van der Waals surface area (Å²) >= 11 is 0. The molecule has 3 rings (SSSR count). The number of hydrogen-bond donors (Lipinski definition) is 1. The van der Waals surface area contributed by atoms with Gasteiger partial charge in [-0.1, -0.05) is 12.1 Å². The van der Waals surface area contributed by atoms with Crippen LogP contribution in [0.5, 0.6) is 0 Å². The molecule has 2 saturated heterocycles. The third kappa shape index (κ3) is 4.64. The first-order valence-corrected chi connectivity index (χ1v) is 9.15. The van der Waals surface area contributed by atoms with Gasteiger partial charge >= 0.3 is 5.97 Å². The number of esters is 1. The molecule has 1 atom stereocenters. The van der Waals surface area contributed by atoms with E-state index in [1.165, 1.54) is 12.0 Å². The first-order valence-electron chi connectivity index (χ1n) is 9.15. The predicted octanol–water partition coefficient (Wildman–Crippen LogP) is 0.275. The van der Waals surface area contributed by atoms with Gasteiger partial charge in [0.2, 0.25) is 11.8 Å². The molecule has 27 heavy (non-hydrogen) atoms. The van der Waals surface area contributed by atoms with E-state index in [1.807, 2.05) is 0 Å². The third-order valence-electron chi connectivity index (χ3n) is 4.93. The Kier molecular flexibility index (Phi) is 6.41. The second kappa shape index (κ2) is 8.96. The minimum atomic E-state index is -0.503. The van der Waals surface area contributed by atoms with Crippen molar-refractivity contribution in [3.05, 3.63) is 29.8 Å². The van der Waals surface area contributed by atoms with Crippen LogP contribution in [0.1, 0.15) is 16.8 Å². The summed E-state index contributed by atoms with van der Waals surface area (Å²) < 4.78 is 10.1. The van der Waals surface area contributed by atoms with Crippen molar-refractivity contribution in [2.75, 3.05) is 57.9 Å². The molecule has 0 aliphatic carbocycles. The fraction of sp³-hybridized carbons (Fsp3) is 0.526. The van der Waals surface area contributed by atoms with E-state index in [1.54, 1.807) is 24.3 Å². The van der Waals surface area contributed by atoms with E-state index in [4.69, 9.17) is 9.47 Å². The van der Waals surface area contributed by atoms with Crippen molar-refractivity contribution in [2.24, 2.45) is 5.92 Å². The first kappa shape index (κ1) is 19.3. The van der Waals surface area contributed by atoms with Gasteiger partial charge in [-0.25, -0.2) is 4.79 Å². The molecule has 0 aromatic heterocycles. The number of carbonyl (C=O) groups is 3. The molecule has 2 fully saturated rings. The van der Waals surface area contributed by atoms with E-state index < -0.39 is 11.9 Å². The summed E-state index contributed by atoms with van der Waals surface area (Å²) in [5.74, 6) is -1.22. The monoisotopic (exact) mass is 375 g/mol. The number of nitrogens with one attached hydrogen (secondary N) is 1. The van der Waals surface area contributed by atoms with Crippen molar-refractivity contribution in [1.29, 1.82) is 0 Å². The molecule has 2 aliphatic heterocycles. The molecule has 2 heterocycles. The zero-order valence-corrected chi connectivity index (χ0v) is 15.5. The molecule has 1 N–H and O–H groups in total. The van der Waals surface area contributed by atoms with Gasteiger partial charge in [0.15, 0.2) is 0 Å². The van der Waals surface area contributed by atoms with Gasteiger partial charge in [-0.05, 0) is 12.1 Å². The van der Waals surface area contributed by atoms with Gasteiger partial charge in [0.25, 0.3) is 0 Å². The quantitative estimate of drug-likeness (QED) is 0.719. The van der Waals surface area contributed by atoms with E-state index in [-0.39, 0.29) is 24.8 Å². The van der Waals surface area contributed by atoms with Gasteiger partial charge in [0.1, 0.15) is 0 Å². The molecule has 0 radical (unpaired) electrons. The van der Waals surface area contributed by atoms with E-state index in [0.29, 0.717) is 17.8 Å². The smallest absolute Gasteiger partial charge is 0.339 e. The summed E-state index contributed by atoms with van der Waals surface area (Å²) in [4.78, 5) is 40.6. The summed E-state index contributed by atoms with van der Waals surface area (Å²) in [6.07, 6.45) is 0.138. The highest BCUT2D eigenvalue weighted by Gasteiger charge is 2.36. The SMILES string of the molecule is COC(=O)c1ccccc1N1CC(C(=O)NCCN2CCOCC2)CC1=O. The Labute approximate surface area is 158 Å². The number of rotatable bonds is 6. The fourth-order valence-electron chi connectivity index (χ4n) is 3.41. The lowest BCUT2D eigenvalue weighted by Crippen LogP contribution is -2.42. The average molecular weight is 375 g/mol. The average Bonchev–Trinajstić information content (AvgIpc) is 3.09. The van der Waals surface area contributed by atoms with Crippen LogP contribution in [0.2, 0.25) is 0 Å². The number of morpholine rings is 1. The lowest BCUT2D eigenvalue weighted by atomic mass is 10.1. The van der Waals surface area contributed by atoms with E-state index in [2.05, 4.69) is 10.2 Å². The fourth-order valence-corrected chi connectivity index (χ4v) is 3.41. The number of hydrogen-bond acceptors (Lipinski definition) is 6. The Morgan fingerprint density at radius 2 is 2.00 bits per heavy atom. The van der Waals surface area contributed by atoms with Crippen LogP contribution in [0, 0.1) is 5.92 Å². The second-order valence-corrected chi connectivity index (χ2v) is 6.66. The molecule has 8 nitrogen and oxygen atoms in total. The van der Waals surface area contributed by atoms with E-state index >= 15 is 0 Å². The Morgan fingerprint density at radius 3 is 2.74 bits per heavy atom. The van der Waals surface area contributed by atoms with Gasteiger partial charge in [0, 0.05) is 39.1 Å². The number of para-hydroxylation sites is 1. The Hall–Kier alpha value is -2.45. The number of nitrogens with zero attached hydrogens (tertiary/aromatic N) is 2. The lowest BCUT2D eigenvalue weighted by Gasteiger charge is -2.26. The van der Waals surface area contributed by atoms with E-state index in [9.17, 15) is 14.4 Å². The summed E-state index contributed by atoms with van der Waals surface area (Å²) in [7, 11) is 1.30. The van der Waals surface area contributed by atoms with Crippen molar-refractivity contribution in [1.82, 2.24) is 10.2 Å². The van der Waals surface area contributed by atoms with Crippen LogP contribution in [0.25, 0.3) is 0 Å². The van der Waals surface area contributed by atoms with Crippen molar-refractivity contribution in [3.63, 3.8) is 0 Å². The summed E-state index contributed by atoms with van der Waals surface area (Å²) in [5.41, 5.74) is 0.805. The third-order valence-corrected chi connectivity index (χ3v) is 4.93. The molecule has 0 spiro atoms. The summed E-state index contributed by atoms with van der Waals surface area (Å²) in [6, 6.07) is 6.78. The highest BCUT2D eigenvalue weighted by molar-refractivity contribution is 6.05. The highest BCUT2D eigenvalue weighted by Crippen LogP contribution is 2.28. The highest BCUT2D eigenvalue weighted by atomic mass is 16.5. The van der Waals surface area contributed by atoms with Gasteiger partial charge < -0.3 is 19.7 Å². The van der Waals surface area contributed by atoms with Crippen molar-refractivity contribution in [2.45, 2.75) is 6.42 Å². The number of methoxy groups -OCH3 is 1. The molecule has 1 unspecified atom stereocenters. The number of benzene rings is 1. The lowest BCUT2D eigenvalue weighted by molar-refractivity contribution is -0.126. The van der Waals surface area contributed by atoms with Crippen LogP contribution in [0.3, 0.4) is 0 Å². The molecule has 146 valence electrons. The zero-order chi connectivity index (χ0) is 19.2. The molecule has 0 saturated carbocycles. The molecule has 8 heteroatoms. The molecular formula is C19H25N3O5. The summed E-state index contributed by atoms with van der Waals surface area (Å²) in [6.45, 7) is 4.76. The second-order valence-electron chi connectivity index (χ2n) is 6.66.